The molecule has 0 atom stereocenters. The lowest BCUT2D eigenvalue weighted by Crippen LogP contribution is -2.11. The largest absolute Gasteiger partial charge is 0.322 e. The lowest BCUT2D eigenvalue weighted by atomic mass is 10.2. The summed E-state index contributed by atoms with van der Waals surface area (Å²) in [5.74, 6) is 0.506. The molecule has 1 saturated carbocycles. The molecule has 120 valence electrons. The van der Waals surface area contributed by atoms with Crippen molar-refractivity contribution in [1.29, 1.82) is 0 Å². The molecular weight excluding hydrogens is 328 g/mol. The number of amides is 1. The van der Waals surface area contributed by atoms with E-state index >= 15 is 0 Å². The van der Waals surface area contributed by atoms with Crippen molar-refractivity contribution in [3.63, 3.8) is 0 Å². The maximum atomic E-state index is 12.2. The minimum atomic E-state index is -0.241. The third-order valence-electron chi connectivity index (χ3n) is 3.78. The molecule has 7 nitrogen and oxygen atoms in total. The summed E-state index contributed by atoms with van der Waals surface area (Å²) in [6.45, 7) is 0. The SMILES string of the molecule is O=C(Nc1ccc(-c2nnnn2C2CC2)cc1)c1ccnc(Cl)c1. The third kappa shape index (κ3) is 2.98. The number of rotatable bonds is 4. The molecule has 3 aromatic rings. The Bertz CT molecular complexity index is 888. The van der Waals surface area contributed by atoms with Crippen molar-refractivity contribution in [1.82, 2.24) is 25.2 Å². The first-order valence-corrected chi connectivity index (χ1v) is 7.90. The zero-order valence-electron chi connectivity index (χ0n) is 12.6. The standard InChI is InChI=1S/C16H13ClN6O/c17-14-9-11(7-8-18-14)16(24)19-12-3-1-10(2-4-12)15-20-21-22-23(15)13-5-6-13/h1-4,7-9,13H,5-6H2,(H,19,24). The topological polar surface area (TPSA) is 85.6 Å². The van der Waals surface area contributed by atoms with Gasteiger partial charge in [-0.3, -0.25) is 4.79 Å². The second kappa shape index (κ2) is 6.01. The van der Waals surface area contributed by atoms with E-state index in [-0.39, 0.29) is 11.1 Å². The van der Waals surface area contributed by atoms with Crippen molar-refractivity contribution in [2.45, 2.75) is 18.9 Å². The molecule has 24 heavy (non-hydrogen) atoms. The van der Waals surface area contributed by atoms with Crippen LogP contribution in [-0.2, 0) is 0 Å². The molecule has 1 aromatic carbocycles. The lowest BCUT2D eigenvalue weighted by Gasteiger charge is -2.07. The zero-order chi connectivity index (χ0) is 16.5. The zero-order valence-corrected chi connectivity index (χ0v) is 13.3. The highest BCUT2D eigenvalue weighted by Crippen LogP contribution is 2.36. The summed E-state index contributed by atoms with van der Waals surface area (Å²) in [5.41, 5.74) is 2.05. The quantitative estimate of drug-likeness (QED) is 0.738. The first-order chi connectivity index (χ1) is 11.7. The highest BCUT2D eigenvalue weighted by Gasteiger charge is 2.28. The van der Waals surface area contributed by atoms with Crippen molar-refractivity contribution in [2.24, 2.45) is 0 Å². The molecule has 0 unspecified atom stereocenters. The molecule has 2 heterocycles. The fraction of sp³-hybridized carbons (Fsp3) is 0.188. The van der Waals surface area contributed by atoms with E-state index in [9.17, 15) is 4.79 Å². The first-order valence-electron chi connectivity index (χ1n) is 7.52. The van der Waals surface area contributed by atoms with Crippen LogP contribution in [-0.4, -0.2) is 31.1 Å². The lowest BCUT2D eigenvalue weighted by molar-refractivity contribution is 0.102. The molecule has 0 bridgehead atoms. The van der Waals surface area contributed by atoms with E-state index in [2.05, 4.69) is 25.8 Å². The van der Waals surface area contributed by atoms with E-state index in [4.69, 9.17) is 11.6 Å². The van der Waals surface area contributed by atoms with Crippen LogP contribution >= 0.6 is 11.6 Å². The second-order valence-corrected chi connectivity index (χ2v) is 5.96. The highest BCUT2D eigenvalue weighted by molar-refractivity contribution is 6.29. The van der Waals surface area contributed by atoms with Gasteiger partial charge in [0.2, 0.25) is 0 Å². The third-order valence-corrected chi connectivity index (χ3v) is 3.98. The number of hydrogen-bond acceptors (Lipinski definition) is 5. The molecule has 1 aliphatic rings. The summed E-state index contributed by atoms with van der Waals surface area (Å²) in [4.78, 5) is 16.1. The maximum Gasteiger partial charge on any atom is 0.255 e. The molecule has 1 amide bonds. The van der Waals surface area contributed by atoms with Crippen molar-refractivity contribution < 1.29 is 4.79 Å². The van der Waals surface area contributed by atoms with Crippen LogP contribution in [0, 0.1) is 0 Å². The summed E-state index contributed by atoms with van der Waals surface area (Å²) in [6.07, 6.45) is 3.72. The predicted octanol–water partition coefficient (Wildman–Crippen LogP) is 2.98. The Morgan fingerprint density at radius 2 is 2.00 bits per heavy atom. The van der Waals surface area contributed by atoms with Crippen LogP contribution in [0.4, 0.5) is 5.69 Å². The highest BCUT2D eigenvalue weighted by atomic mass is 35.5. The second-order valence-electron chi connectivity index (χ2n) is 5.58. The molecule has 1 N–H and O–H groups in total. The van der Waals surface area contributed by atoms with Gasteiger partial charge in [0.1, 0.15) is 5.15 Å². The van der Waals surface area contributed by atoms with Crippen LogP contribution in [0.1, 0.15) is 29.2 Å². The minimum Gasteiger partial charge on any atom is -0.322 e. The smallest absolute Gasteiger partial charge is 0.255 e. The number of nitrogens with zero attached hydrogens (tertiary/aromatic N) is 5. The van der Waals surface area contributed by atoms with Gasteiger partial charge in [-0.2, -0.15) is 0 Å². The fourth-order valence-corrected chi connectivity index (χ4v) is 2.57. The van der Waals surface area contributed by atoms with Crippen LogP contribution in [0.25, 0.3) is 11.4 Å². The van der Waals surface area contributed by atoms with Crippen LogP contribution < -0.4 is 5.32 Å². The summed E-state index contributed by atoms with van der Waals surface area (Å²) in [7, 11) is 0. The molecular formula is C16H13ClN6O. The van der Waals surface area contributed by atoms with Crippen molar-refractivity contribution >= 4 is 23.2 Å². The average Bonchev–Trinajstić information content (AvgIpc) is 3.32. The Labute approximate surface area is 142 Å². The van der Waals surface area contributed by atoms with Crippen molar-refractivity contribution in [3.05, 3.63) is 53.3 Å². The van der Waals surface area contributed by atoms with Gasteiger partial charge in [-0.25, -0.2) is 9.67 Å². The van der Waals surface area contributed by atoms with Crippen LogP contribution in [0.15, 0.2) is 42.6 Å². The fourth-order valence-electron chi connectivity index (χ4n) is 2.40. The molecule has 8 heteroatoms. The van der Waals surface area contributed by atoms with Gasteiger partial charge < -0.3 is 5.32 Å². The monoisotopic (exact) mass is 340 g/mol. The Kier molecular flexibility index (Phi) is 3.70. The Morgan fingerprint density at radius 3 is 2.71 bits per heavy atom. The predicted molar refractivity (Wildman–Crippen MR) is 88.7 cm³/mol. The number of tetrazole rings is 1. The van der Waals surface area contributed by atoms with Crippen LogP contribution in [0.3, 0.4) is 0 Å². The number of benzene rings is 1. The van der Waals surface area contributed by atoms with E-state index in [1.54, 1.807) is 6.07 Å². The Hall–Kier alpha value is -2.80. The van der Waals surface area contributed by atoms with Gasteiger partial charge in [0, 0.05) is 23.0 Å². The molecule has 0 radical (unpaired) electrons. The Morgan fingerprint density at radius 1 is 1.21 bits per heavy atom. The first kappa shape index (κ1) is 14.8. The molecule has 4 rings (SSSR count). The van der Waals surface area contributed by atoms with Crippen molar-refractivity contribution in [2.75, 3.05) is 5.32 Å². The minimum absolute atomic E-state index is 0.241. The van der Waals surface area contributed by atoms with Gasteiger partial charge in [0.05, 0.1) is 6.04 Å². The van der Waals surface area contributed by atoms with E-state index in [1.807, 2.05) is 28.9 Å². The number of pyridine rings is 1. The van der Waals surface area contributed by atoms with Crippen molar-refractivity contribution in [3.8, 4) is 11.4 Å². The van der Waals surface area contributed by atoms with Gasteiger partial charge in [0.25, 0.3) is 5.91 Å². The molecule has 0 aliphatic heterocycles. The van der Waals surface area contributed by atoms with E-state index < -0.39 is 0 Å². The Balaban J connectivity index is 1.51. The van der Waals surface area contributed by atoms with E-state index in [0.29, 0.717) is 17.3 Å². The average molecular weight is 341 g/mol. The van der Waals surface area contributed by atoms with Gasteiger partial charge >= 0.3 is 0 Å². The summed E-state index contributed by atoms with van der Waals surface area (Å²) >= 11 is 5.80. The summed E-state index contributed by atoms with van der Waals surface area (Å²) < 4.78 is 1.85. The maximum absolute atomic E-state index is 12.2. The molecule has 1 fully saturated rings. The van der Waals surface area contributed by atoms with Gasteiger partial charge in [-0.05, 0) is 59.7 Å². The number of carbonyl (C=O) groups excluding carboxylic acids is 1. The summed E-state index contributed by atoms with van der Waals surface area (Å²) in [6, 6.07) is 11.0. The molecule has 0 saturated heterocycles. The number of carbonyl (C=O) groups is 1. The number of nitrogens with one attached hydrogen (secondary N) is 1. The normalized spacial score (nSPS) is 13.7. The molecule has 2 aromatic heterocycles. The van der Waals surface area contributed by atoms with E-state index in [0.717, 1.165) is 24.2 Å². The number of halogens is 1. The van der Waals surface area contributed by atoms with Crippen LogP contribution in [0.5, 0.6) is 0 Å². The van der Waals surface area contributed by atoms with Gasteiger partial charge in [-0.1, -0.05) is 11.6 Å². The van der Waals surface area contributed by atoms with Gasteiger partial charge in [-0.15, -0.1) is 5.10 Å². The number of aromatic nitrogens is 5. The number of hydrogen-bond donors (Lipinski definition) is 1. The summed E-state index contributed by atoms with van der Waals surface area (Å²) in [5, 5.41) is 15.0. The molecule has 1 aliphatic carbocycles. The van der Waals surface area contributed by atoms with E-state index in [1.165, 1.54) is 12.3 Å². The van der Waals surface area contributed by atoms with Gasteiger partial charge in [0.15, 0.2) is 5.82 Å². The number of anilines is 1. The van der Waals surface area contributed by atoms with Crippen LogP contribution in [0.2, 0.25) is 5.15 Å². The molecule has 0 spiro atoms.